The summed E-state index contributed by atoms with van der Waals surface area (Å²) in [4.78, 5) is 0. The Morgan fingerprint density at radius 2 is 1.12 bits per heavy atom. The number of halogens is 3. The van der Waals surface area contributed by atoms with Gasteiger partial charge in [0.1, 0.15) is 0 Å². The maximum absolute atomic E-state index is 12.7. The molecule has 0 fully saturated rings. The van der Waals surface area contributed by atoms with Gasteiger partial charge in [-0.1, -0.05) is 95.6 Å². The zero-order valence-corrected chi connectivity index (χ0v) is 21.0. The van der Waals surface area contributed by atoms with E-state index in [1.807, 2.05) is 0 Å². The van der Waals surface area contributed by atoms with Crippen molar-refractivity contribution in [2.45, 2.75) is 38.4 Å². The zero-order valence-electron chi connectivity index (χ0n) is 18.4. The minimum absolute atomic E-state index is 0. The Bertz CT molecular complexity index is 1060. The van der Waals surface area contributed by atoms with Crippen LogP contribution in [-0.2, 0) is 29.5 Å². The van der Waals surface area contributed by atoms with Crippen LogP contribution in [0.2, 0.25) is 0 Å². The van der Waals surface area contributed by atoms with E-state index in [9.17, 15) is 21.6 Å². The molecule has 3 aromatic carbocycles. The Morgan fingerprint density at radius 1 is 0.758 bits per heavy atom. The van der Waals surface area contributed by atoms with E-state index in [1.54, 1.807) is 53.3 Å². The predicted octanol–water partition coefficient (Wildman–Crippen LogP) is 5.48. The molecule has 0 saturated heterocycles. The van der Waals surface area contributed by atoms with Crippen LogP contribution in [0.15, 0.2) is 78.9 Å². The third-order valence-electron chi connectivity index (χ3n) is 4.66. The van der Waals surface area contributed by atoms with Crippen LogP contribution >= 0.6 is 0 Å². The quantitative estimate of drug-likeness (QED) is 0.403. The van der Waals surface area contributed by atoms with Gasteiger partial charge in [0.2, 0.25) is 0 Å². The Morgan fingerprint density at radius 3 is 1.48 bits per heavy atom. The molecule has 3 N–H and O–H groups in total. The zero-order chi connectivity index (χ0) is 23.9. The van der Waals surface area contributed by atoms with Gasteiger partial charge in [0, 0.05) is 19.5 Å². The van der Waals surface area contributed by atoms with E-state index in [0.717, 1.165) is 0 Å². The van der Waals surface area contributed by atoms with Gasteiger partial charge in [-0.2, -0.15) is 17.9 Å². The first-order valence-electron chi connectivity index (χ1n) is 9.89. The molecule has 3 rings (SSSR count). The maximum Gasteiger partial charge on any atom is 0.511 e. The SMILES string of the molecule is Cc1cc(C)cc(C)c1.N[C@@H](c1ccccc1)[C@@H](NS(=O)(=O)C(F)(F)F)c1ccccc1.[Ru]. The number of rotatable bonds is 5. The number of alkyl halides is 3. The van der Waals surface area contributed by atoms with Crippen LogP contribution in [0.1, 0.15) is 39.9 Å². The minimum Gasteiger partial charge on any atom is -0.322 e. The molecule has 0 bridgehead atoms. The summed E-state index contributed by atoms with van der Waals surface area (Å²) in [6, 6.07) is 20.6. The number of hydrogen-bond acceptors (Lipinski definition) is 3. The van der Waals surface area contributed by atoms with Gasteiger partial charge >= 0.3 is 15.5 Å². The largest absolute Gasteiger partial charge is 0.511 e. The minimum atomic E-state index is -5.53. The van der Waals surface area contributed by atoms with Crippen molar-refractivity contribution in [2.24, 2.45) is 5.73 Å². The van der Waals surface area contributed by atoms with Crippen molar-refractivity contribution in [2.75, 3.05) is 0 Å². The summed E-state index contributed by atoms with van der Waals surface area (Å²) >= 11 is 0. The molecule has 0 aliphatic heterocycles. The molecule has 3 aromatic rings. The molecule has 0 radical (unpaired) electrons. The van der Waals surface area contributed by atoms with E-state index >= 15 is 0 Å². The standard InChI is InChI=1S/C15H15F3N2O2S.C9H12.Ru/c16-15(17,18)23(21,22)20-14(12-9-5-2-6-10-12)13(19)11-7-3-1-4-8-11;1-7-4-8(2)6-9(3)5-7;/h1-10,13-14,20H,19H2;4-6H,1-3H3;/t13-,14-;;/m0../s1. The molecule has 180 valence electrons. The summed E-state index contributed by atoms with van der Waals surface area (Å²) in [7, 11) is -5.53. The van der Waals surface area contributed by atoms with Gasteiger partial charge in [0.05, 0.1) is 12.1 Å². The smallest absolute Gasteiger partial charge is 0.322 e. The van der Waals surface area contributed by atoms with Gasteiger partial charge in [-0.15, -0.1) is 0 Å². The molecule has 9 heteroatoms. The van der Waals surface area contributed by atoms with Crippen molar-refractivity contribution in [3.63, 3.8) is 0 Å². The van der Waals surface area contributed by atoms with Crippen LogP contribution in [0, 0.1) is 20.8 Å². The molecule has 0 heterocycles. The summed E-state index contributed by atoms with van der Waals surface area (Å²) in [5.41, 5.74) is 5.55. The van der Waals surface area contributed by atoms with E-state index in [-0.39, 0.29) is 19.5 Å². The average Bonchev–Trinajstić information content (AvgIpc) is 2.71. The summed E-state index contributed by atoms with van der Waals surface area (Å²) in [5, 5.41) is 0. The molecular weight excluding hydrogens is 538 g/mol. The van der Waals surface area contributed by atoms with Crippen molar-refractivity contribution < 1.29 is 41.1 Å². The summed E-state index contributed by atoms with van der Waals surface area (Å²) < 4.78 is 62.7. The van der Waals surface area contributed by atoms with E-state index in [2.05, 4.69) is 39.0 Å². The van der Waals surface area contributed by atoms with Gasteiger partial charge in [0.15, 0.2) is 0 Å². The second-order valence-electron chi connectivity index (χ2n) is 7.56. The van der Waals surface area contributed by atoms with Crippen molar-refractivity contribution in [3.05, 3.63) is 107 Å². The van der Waals surface area contributed by atoms with Crippen LogP contribution in [0.4, 0.5) is 13.2 Å². The van der Waals surface area contributed by atoms with E-state index in [1.165, 1.54) is 28.8 Å². The van der Waals surface area contributed by atoms with E-state index in [4.69, 9.17) is 5.73 Å². The van der Waals surface area contributed by atoms with Crippen molar-refractivity contribution in [3.8, 4) is 0 Å². The molecule has 0 saturated carbocycles. The van der Waals surface area contributed by atoms with Crippen LogP contribution in [0.5, 0.6) is 0 Å². The third-order valence-corrected chi connectivity index (χ3v) is 5.83. The first-order valence-corrected chi connectivity index (χ1v) is 11.4. The van der Waals surface area contributed by atoms with Crippen LogP contribution < -0.4 is 10.5 Å². The molecule has 0 amide bonds. The number of sulfonamides is 1. The van der Waals surface area contributed by atoms with Gasteiger partial charge in [0.25, 0.3) is 0 Å². The second-order valence-corrected chi connectivity index (χ2v) is 9.26. The molecule has 0 aliphatic carbocycles. The van der Waals surface area contributed by atoms with Crippen LogP contribution in [-0.4, -0.2) is 13.9 Å². The first kappa shape index (κ1) is 29.0. The monoisotopic (exact) mass is 566 g/mol. The normalized spacial score (nSPS) is 13.2. The Labute approximate surface area is 206 Å². The molecular formula is C24H27F3N2O2RuS. The summed E-state index contributed by atoms with van der Waals surface area (Å²) in [6.45, 7) is 6.38. The fraction of sp³-hybridized carbons (Fsp3) is 0.250. The molecule has 0 aliphatic rings. The topological polar surface area (TPSA) is 72.2 Å². The van der Waals surface area contributed by atoms with Crippen molar-refractivity contribution >= 4 is 10.0 Å². The summed E-state index contributed by atoms with van der Waals surface area (Å²) in [5.74, 6) is 0. The van der Waals surface area contributed by atoms with Crippen LogP contribution in [0.3, 0.4) is 0 Å². The van der Waals surface area contributed by atoms with Gasteiger partial charge < -0.3 is 5.73 Å². The number of nitrogens with two attached hydrogens (primary N) is 1. The van der Waals surface area contributed by atoms with E-state index in [0.29, 0.717) is 11.1 Å². The second kappa shape index (κ2) is 12.4. The molecule has 4 nitrogen and oxygen atoms in total. The number of hydrogen-bond donors (Lipinski definition) is 2. The Balaban J connectivity index is 0.000000458. The fourth-order valence-corrected chi connectivity index (χ4v) is 4.06. The van der Waals surface area contributed by atoms with Gasteiger partial charge in [-0.25, -0.2) is 8.42 Å². The van der Waals surface area contributed by atoms with Crippen LogP contribution in [0.25, 0.3) is 0 Å². The molecule has 2 atom stereocenters. The third kappa shape index (κ3) is 8.67. The molecule has 33 heavy (non-hydrogen) atoms. The number of aryl methyl sites for hydroxylation is 3. The molecule has 0 aromatic heterocycles. The summed E-state index contributed by atoms with van der Waals surface area (Å²) in [6.07, 6.45) is 0. The van der Waals surface area contributed by atoms with Crippen molar-refractivity contribution in [1.29, 1.82) is 0 Å². The number of nitrogens with one attached hydrogen (secondary N) is 1. The van der Waals surface area contributed by atoms with E-state index < -0.39 is 27.6 Å². The van der Waals surface area contributed by atoms with Gasteiger partial charge in [-0.05, 0) is 31.9 Å². The first-order chi connectivity index (χ1) is 14.9. The maximum atomic E-state index is 12.7. The molecule has 0 spiro atoms. The Kier molecular flexibility index (Phi) is 10.9. The fourth-order valence-electron chi connectivity index (χ4n) is 3.31. The molecule has 0 unspecified atom stereocenters. The Hall–Kier alpha value is -2.06. The predicted molar refractivity (Wildman–Crippen MR) is 121 cm³/mol. The average molecular weight is 566 g/mol. The number of benzene rings is 3. The van der Waals surface area contributed by atoms with Gasteiger partial charge in [-0.3, -0.25) is 0 Å². The van der Waals surface area contributed by atoms with Crippen molar-refractivity contribution in [1.82, 2.24) is 4.72 Å².